The monoisotopic (exact) mass is 683 g/mol. The molecular formula is C27H28F3N7O11. The Hall–Kier alpha value is -5.86. The second-order valence-corrected chi connectivity index (χ2v) is 10.00. The number of aliphatic imine (C=N–C) groups is 1. The first-order chi connectivity index (χ1) is 22.6. The molecule has 258 valence electrons. The number of nitro groups is 2. The molecular weight excluding hydrogens is 655 g/mol. The number of nitrogens with zero attached hydrogens (tertiary/aromatic N) is 5. The van der Waals surface area contributed by atoms with Gasteiger partial charge in [-0.25, -0.2) is 19.3 Å². The van der Waals surface area contributed by atoms with E-state index in [1.165, 1.54) is 48.5 Å². The summed E-state index contributed by atoms with van der Waals surface area (Å²) in [6, 6.07) is 9.56. The lowest BCUT2D eigenvalue weighted by molar-refractivity contribution is -0.385. The van der Waals surface area contributed by atoms with Crippen molar-refractivity contribution in [1.82, 2.24) is 15.3 Å². The molecule has 1 heterocycles. The molecule has 18 nitrogen and oxygen atoms in total. The van der Waals surface area contributed by atoms with Gasteiger partial charge in [0.25, 0.3) is 11.4 Å². The summed E-state index contributed by atoms with van der Waals surface area (Å²) in [7, 11) is 0. The molecule has 0 saturated carbocycles. The molecule has 0 spiro atoms. The van der Waals surface area contributed by atoms with E-state index in [4.69, 9.17) is 15.2 Å². The first-order valence-electron chi connectivity index (χ1n) is 13.9. The number of carbonyl (C=O) groups is 4. The highest BCUT2D eigenvalue weighted by atomic mass is 19.4. The van der Waals surface area contributed by atoms with Gasteiger partial charge in [-0.3, -0.25) is 25.0 Å². The van der Waals surface area contributed by atoms with Gasteiger partial charge in [0.05, 0.1) is 16.4 Å². The Morgan fingerprint density at radius 2 is 1.50 bits per heavy atom. The van der Waals surface area contributed by atoms with Crippen LogP contribution in [0.15, 0.2) is 53.5 Å². The second-order valence-electron chi connectivity index (χ2n) is 10.00. The van der Waals surface area contributed by atoms with Crippen molar-refractivity contribution in [1.29, 1.82) is 0 Å². The molecule has 21 heteroatoms. The first kappa shape index (κ1) is 36.6. The molecule has 2 aromatic rings. The van der Waals surface area contributed by atoms with E-state index in [2.05, 4.69) is 15.1 Å². The van der Waals surface area contributed by atoms with Gasteiger partial charge in [0.2, 0.25) is 11.9 Å². The number of hydroxylamine groups is 2. The van der Waals surface area contributed by atoms with Gasteiger partial charge in [-0.1, -0.05) is 0 Å². The summed E-state index contributed by atoms with van der Waals surface area (Å²) in [6.07, 6.45) is -7.59. The number of alkyl halides is 3. The predicted molar refractivity (Wildman–Crippen MR) is 154 cm³/mol. The molecule has 2 aromatic carbocycles. The zero-order valence-corrected chi connectivity index (χ0v) is 24.8. The second kappa shape index (κ2) is 16.6. The van der Waals surface area contributed by atoms with E-state index in [9.17, 15) is 52.6 Å². The lowest BCUT2D eigenvalue weighted by atomic mass is 10.2. The molecule has 3 amide bonds. The van der Waals surface area contributed by atoms with Gasteiger partial charge in [-0.2, -0.15) is 13.2 Å². The Kier molecular flexibility index (Phi) is 12.7. The van der Waals surface area contributed by atoms with E-state index in [-0.39, 0.29) is 63.5 Å². The number of ether oxygens (including phenoxy) is 2. The van der Waals surface area contributed by atoms with Crippen LogP contribution in [-0.2, 0) is 37.1 Å². The number of carbonyl (C=O) groups excluding carboxylic acids is 4. The Morgan fingerprint density at radius 1 is 0.958 bits per heavy atom. The third-order valence-corrected chi connectivity index (χ3v) is 6.47. The van der Waals surface area contributed by atoms with E-state index >= 15 is 0 Å². The molecule has 3 N–H and O–H groups in total. The molecule has 1 saturated heterocycles. The van der Waals surface area contributed by atoms with Gasteiger partial charge in [0.15, 0.2) is 0 Å². The number of nitrogens with one attached hydrogen (secondary N) is 1. The maximum absolute atomic E-state index is 12.9. The highest BCUT2D eigenvalue weighted by molar-refractivity contribution is 5.98. The van der Waals surface area contributed by atoms with Crippen molar-refractivity contribution >= 4 is 41.4 Å². The van der Waals surface area contributed by atoms with Crippen molar-refractivity contribution in [2.75, 3.05) is 19.6 Å². The number of rotatable bonds is 12. The van der Waals surface area contributed by atoms with Gasteiger partial charge in [0.1, 0.15) is 13.2 Å². The number of halogens is 3. The summed E-state index contributed by atoms with van der Waals surface area (Å²) in [5, 5.41) is 25.0. The number of non-ortho nitro benzene ring substituents is 2. The molecule has 1 fully saturated rings. The number of nitrogens with two attached hydrogens (primary N) is 1. The average molecular weight is 684 g/mol. The van der Waals surface area contributed by atoms with E-state index < -0.39 is 52.1 Å². The highest BCUT2D eigenvalue weighted by Gasteiger charge is 2.43. The highest BCUT2D eigenvalue weighted by Crippen LogP contribution is 2.20. The first-order valence-corrected chi connectivity index (χ1v) is 13.9. The van der Waals surface area contributed by atoms with Crippen LogP contribution in [0.3, 0.4) is 0 Å². The van der Waals surface area contributed by atoms with Gasteiger partial charge >= 0.3 is 24.3 Å². The SMILES string of the molecule is NC(=NC(=O)OCc1ccc([N+](=O)[O-])cc1)N(CCCC(=O)N[C@H]1CCN(OC(=O)C(F)(F)F)C1)C(=O)OCc1ccc([N+](=O)[O-])cc1. The van der Waals surface area contributed by atoms with Crippen molar-refractivity contribution in [2.24, 2.45) is 10.7 Å². The molecule has 3 rings (SSSR count). The minimum absolute atomic E-state index is 0.0472. The maximum Gasteiger partial charge on any atom is 0.492 e. The van der Waals surface area contributed by atoms with Crippen molar-refractivity contribution in [3.05, 3.63) is 79.9 Å². The molecule has 48 heavy (non-hydrogen) atoms. The molecule has 0 aromatic heterocycles. The molecule has 1 aliphatic heterocycles. The topological polar surface area (TPSA) is 239 Å². The fraction of sp³-hybridized carbons (Fsp3) is 0.370. The van der Waals surface area contributed by atoms with Crippen molar-refractivity contribution in [2.45, 2.75) is 44.7 Å². The van der Waals surface area contributed by atoms with Gasteiger partial charge in [-0.15, -0.1) is 10.1 Å². The number of hydrogen-bond acceptors (Lipinski definition) is 12. The van der Waals surface area contributed by atoms with Crippen LogP contribution in [0.4, 0.5) is 34.1 Å². The maximum atomic E-state index is 12.9. The minimum atomic E-state index is -5.18. The van der Waals surface area contributed by atoms with Crippen LogP contribution in [0.25, 0.3) is 0 Å². The third-order valence-electron chi connectivity index (χ3n) is 6.47. The number of nitro benzene ring substituents is 2. The largest absolute Gasteiger partial charge is 0.492 e. The molecule has 0 bridgehead atoms. The van der Waals surface area contributed by atoms with Crippen LogP contribution < -0.4 is 11.1 Å². The Morgan fingerprint density at radius 3 is 2.02 bits per heavy atom. The van der Waals surface area contributed by atoms with Crippen LogP contribution in [0.1, 0.15) is 30.4 Å². The fourth-order valence-electron chi connectivity index (χ4n) is 4.08. The zero-order chi connectivity index (χ0) is 35.4. The summed E-state index contributed by atoms with van der Waals surface area (Å²) in [5.41, 5.74) is 6.28. The molecule has 0 radical (unpaired) electrons. The van der Waals surface area contributed by atoms with Crippen LogP contribution in [0, 0.1) is 20.2 Å². The van der Waals surface area contributed by atoms with Gasteiger partial charge < -0.3 is 25.4 Å². The minimum Gasteiger partial charge on any atom is -0.444 e. The third kappa shape index (κ3) is 11.5. The van der Waals surface area contributed by atoms with E-state index in [0.29, 0.717) is 11.1 Å². The van der Waals surface area contributed by atoms with Crippen LogP contribution in [-0.4, -0.2) is 81.7 Å². The average Bonchev–Trinajstić information content (AvgIpc) is 3.46. The quantitative estimate of drug-likeness (QED) is 0.142. The van der Waals surface area contributed by atoms with Crippen LogP contribution in [0.5, 0.6) is 0 Å². The number of guanidine groups is 1. The lowest BCUT2D eigenvalue weighted by Crippen LogP contribution is -2.44. The Labute approximate surface area is 268 Å². The Balaban J connectivity index is 1.58. The van der Waals surface area contributed by atoms with Crippen LogP contribution >= 0.6 is 0 Å². The predicted octanol–water partition coefficient (Wildman–Crippen LogP) is 3.08. The standard InChI is InChI=1S/C27H28F3N7O11/c28-27(29,30)23(39)48-34-13-11-19(14-34)32-22(38)2-1-12-35(26(41)47-16-18-5-9-21(10-6-18)37(44)45)24(31)33-25(40)46-15-17-3-7-20(8-4-17)36(42)43/h3-10,19H,1-2,11-16H2,(H,32,38)(H2,31,33,40)/t19-/m0/s1. The summed E-state index contributed by atoms with van der Waals surface area (Å²) in [5.74, 6) is -3.61. The summed E-state index contributed by atoms with van der Waals surface area (Å²) < 4.78 is 47.5. The van der Waals surface area contributed by atoms with Crippen molar-refractivity contribution < 1.29 is 56.5 Å². The molecule has 0 unspecified atom stereocenters. The van der Waals surface area contributed by atoms with E-state index in [1.54, 1.807) is 0 Å². The summed E-state index contributed by atoms with van der Waals surface area (Å²) >= 11 is 0. The molecule has 0 aliphatic carbocycles. The lowest BCUT2D eigenvalue weighted by Gasteiger charge is -2.21. The van der Waals surface area contributed by atoms with Crippen molar-refractivity contribution in [3.63, 3.8) is 0 Å². The number of benzene rings is 2. The van der Waals surface area contributed by atoms with Crippen molar-refractivity contribution in [3.8, 4) is 0 Å². The fourth-order valence-corrected chi connectivity index (χ4v) is 4.08. The summed E-state index contributed by atoms with van der Waals surface area (Å²) in [4.78, 5) is 77.7. The van der Waals surface area contributed by atoms with E-state index in [1.807, 2.05) is 0 Å². The number of hydrogen-bond donors (Lipinski definition) is 2. The molecule has 1 atom stereocenters. The molecule has 1 aliphatic rings. The Bertz CT molecular complexity index is 1540. The van der Waals surface area contributed by atoms with E-state index in [0.717, 1.165) is 9.96 Å². The normalized spacial score (nSPS) is 14.9. The van der Waals surface area contributed by atoms with Gasteiger partial charge in [-0.05, 0) is 48.2 Å². The zero-order valence-electron chi connectivity index (χ0n) is 24.8. The van der Waals surface area contributed by atoms with Gasteiger partial charge in [0, 0.05) is 49.8 Å². The summed E-state index contributed by atoms with van der Waals surface area (Å²) in [6.45, 7) is -1.24. The smallest absolute Gasteiger partial charge is 0.444 e. The van der Waals surface area contributed by atoms with Crippen LogP contribution in [0.2, 0.25) is 0 Å². The number of amides is 3.